The summed E-state index contributed by atoms with van der Waals surface area (Å²) in [7, 11) is 0. The van der Waals surface area contributed by atoms with Gasteiger partial charge in [-0.2, -0.15) is 5.26 Å². The fourth-order valence-electron chi connectivity index (χ4n) is 3.55. The van der Waals surface area contributed by atoms with E-state index in [9.17, 15) is 5.26 Å². The van der Waals surface area contributed by atoms with Crippen LogP contribution in [0.25, 0.3) is 0 Å². The van der Waals surface area contributed by atoms with Crippen molar-refractivity contribution in [3.63, 3.8) is 0 Å². The summed E-state index contributed by atoms with van der Waals surface area (Å²) < 4.78 is 0. The molecule has 100 valence electrons. The Morgan fingerprint density at radius 2 is 2.26 bits per heavy atom. The van der Waals surface area contributed by atoms with E-state index in [-0.39, 0.29) is 11.0 Å². The van der Waals surface area contributed by atoms with Gasteiger partial charge in [0.15, 0.2) is 0 Å². The van der Waals surface area contributed by atoms with E-state index in [1.54, 1.807) is 0 Å². The van der Waals surface area contributed by atoms with Gasteiger partial charge < -0.3 is 0 Å². The van der Waals surface area contributed by atoms with Crippen molar-refractivity contribution < 1.29 is 9.78 Å². The number of hydrogen-bond acceptors (Lipinski definition) is 4. The van der Waals surface area contributed by atoms with Gasteiger partial charge in [0.2, 0.25) is 0 Å². The summed E-state index contributed by atoms with van der Waals surface area (Å²) in [6, 6.07) is 8.29. The highest BCUT2D eigenvalue weighted by molar-refractivity contribution is 5.22. The molecule has 1 saturated heterocycles. The molecule has 2 aliphatic rings. The molecule has 0 radical (unpaired) electrons. The van der Waals surface area contributed by atoms with Gasteiger partial charge >= 0.3 is 0 Å². The highest BCUT2D eigenvalue weighted by Crippen LogP contribution is 2.49. The summed E-state index contributed by atoms with van der Waals surface area (Å²) in [6.07, 6.45) is 7.14. The molecular formula is C15H18N2O2. The Morgan fingerprint density at radius 3 is 2.95 bits per heavy atom. The second-order valence-electron chi connectivity index (χ2n) is 5.70. The molecule has 4 heteroatoms. The SMILES string of the molecule is N#CC[C@]1(c2ccccn2)CCC[C@]2(CCOO2)C1. The number of nitrogens with zero attached hydrogens (tertiary/aromatic N) is 2. The first-order valence-electron chi connectivity index (χ1n) is 6.88. The van der Waals surface area contributed by atoms with Gasteiger partial charge in [0.1, 0.15) is 5.60 Å². The molecule has 2 heterocycles. The summed E-state index contributed by atoms with van der Waals surface area (Å²) >= 11 is 0. The molecule has 3 rings (SSSR count). The summed E-state index contributed by atoms with van der Waals surface area (Å²) in [5.41, 5.74) is 0.639. The van der Waals surface area contributed by atoms with E-state index in [1.807, 2.05) is 24.4 Å². The first-order chi connectivity index (χ1) is 9.29. The molecule has 1 spiro atoms. The van der Waals surface area contributed by atoms with Gasteiger partial charge in [0, 0.05) is 30.1 Å². The maximum Gasteiger partial charge on any atom is 0.107 e. The van der Waals surface area contributed by atoms with Crippen molar-refractivity contribution in [2.75, 3.05) is 6.61 Å². The summed E-state index contributed by atoms with van der Waals surface area (Å²) in [5, 5.41) is 9.23. The lowest BCUT2D eigenvalue weighted by atomic mass is 9.63. The second kappa shape index (κ2) is 4.92. The molecule has 0 unspecified atom stereocenters. The Kier molecular flexibility index (Phi) is 3.26. The molecular weight excluding hydrogens is 240 g/mol. The average Bonchev–Trinajstić information content (AvgIpc) is 2.88. The zero-order chi connectivity index (χ0) is 13.2. The van der Waals surface area contributed by atoms with Crippen molar-refractivity contribution in [2.24, 2.45) is 0 Å². The van der Waals surface area contributed by atoms with Crippen LogP contribution >= 0.6 is 0 Å². The lowest BCUT2D eigenvalue weighted by Crippen LogP contribution is -2.44. The molecule has 2 fully saturated rings. The van der Waals surface area contributed by atoms with Crippen molar-refractivity contribution in [2.45, 2.75) is 49.5 Å². The predicted molar refractivity (Wildman–Crippen MR) is 69.0 cm³/mol. The fourth-order valence-corrected chi connectivity index (χ4v) is 3.55. The number of hydrogen-bond donors (Lipinski definition) is 0. The molecule has 0 N–H and O–H groups in total. The molecule has 1 aliphatic heterocycles. The molecule has 2 atom stereocenters. The van der Waals surface area contributed by atoms with Crippen LogP contribution in [0.15, 0.2) is 24.4 Å². The quantitative estimate of drug-likeness (QED) is 0.765. The van der Waals surface area contributed by atoms with Crippen LogP contribution in [-0.2, 0) is 15.2 Å². The predicted octanol–water partition coefficient (Wildman–Crippen LogP) is 2.90. The Morgan fingerprint density at radius 1 is 1.32 bits per heavy atom. The highest BCUT2D eigenvalue weighted by Gasteiger charge is 2.49. The van der Waals surface area contributed by atoms with Crippen molar-refractivity contribution >= 4 is 0 Å². The number of rotatable bonds is 2. The standard InChI is InChI=1S/C15H18N2O2/c16-9-7-14(13-4-1-2-10-17-13)5-3-6-15(12-14)8-11-18-19-15/h1-2,4,10H,3,5-8,11-12H2/t14-,15+/m1/s1. The Labute approximate surface area is 113 Å². The van der Waals surface area contributed by atoms with Gasteiger partial charge in [-0.15, -0.1) is 0 Å². The fraction of sp³-hybridized carbons (Fsp3) is 0.600. The lowest BCUT2D eigenvalue weighted by molar-refractivity contribution is -0.318. The van der Waals surface area contributed by atoms with Crippen LogP contribution in [0.4, 0.5) is 0 Å². The lowest BCUT2D eigenvalue weighted by Gasteiger charge is -2.43. The van der Waals surface area contributed by atoms with Crippen molar-refractivity contribution in [3.05, 3.63) is 30.1 Å². The zero-order valence-corrected chi connectivity index (χ0v) is 11.0. The van der Waals surface area contributed by atoms with E-state index in [1.165, 1.54) is 0 Å². The first-order valence-corrected chi connectivity index (χ1v) is 6.88. The normalized spacial score (nSPS) is 34.3. The average molecular weight is 258 g/mol. The molecule has 0 aromatic carbocycles. The smallest absolute Gasteiger partial charge is 0.107 e. The van der Waals surface area contributed by atoms with E-state index in [0.29, 0.717) is 13.0 Å². The molecule has 0 bridgehead atoms. The van der Waals surface area contributed by atoms with Gasteiger partial charge in [-0.05, 0) is 37.8 Å². The number of nitriles is 1. The Bertz CT molecular complexity index is 477. The van der Waals surface area contributed by atoms with E-state index >= 15 is 0 Å². The van der Waals surface area contributed by atoms with Gasteiger partial charge in [-0.1, -0.05) is 6.07 Å². The number of aromatic nitrogens is 1. The summed E-state index contributed by atoms with van der Waals surface area (Å²) in [5.74, 6) is 0. The van der Waals surface area contributed by atoms with Crippen LogP contribution in [-0.4, -0.2) is 17.2 Å². The van der Waals surface area contributed by atoms with E-state index in [2.05, 4.69) is 11.1 Å². The van der Waals surface area contributed by atoms with E-state index < -0.39 is 0 Å². The first kappa shape index (κ1) is 12.6. The monoisotopic (exact) mass is 258 g/mol. The van der Waals surface area contributed by atoms with Gasteiger partial charge in [0.25, 0.3) is 0 Å². The zero-order valence-electron chi connectivity index (χ0n) is 11.0. The van der Waals surface area contributed by atoms with Crippen LogP contribution in [0.5, 0.6) is 0 Å². The molecule has 1 aromatic rings. The van der Waals surface area contributed by atoms with Crippen molar-refractivity contribution in [1.29, 1.82) is 5.26 Å². The maximum atomic E-state index is 9.23. The molecule has 1 aliphatic carbocycles. The largest absolute Gasteiger partial charge is 0.261 e. The number of pyridine rings is 1. The van der Waals surface area contributed by atoms with E-state index in [4.69, 9.17) is 9.78 Å². The van der Waals surface area contributed by atoms with Gasteiger partial charge in [-0.25, -0.2) is 9.78 Å². The molecule has 19 heavy (non-hydrogen) atoms. The van der Waals surface area contributed by atoms with Crippen LogP contribution in [0.1, 0.15) is 44.2 Å². The Hall–Kier alpha value is -1.44. The Balaban J connectivity index is 1.94. The summed E-state index contributed by atoms with van der Waals surface area (Å²) in [4.78, 5) is 15.2. The topological polar surface area (TPSA) is 55.1 Å². The second-order valence-corrected chi connectivity index (χ2v) is 5.70. The van der Waals surface area contributed by atoms with Crippen molar-refractivity contribution in [1.82, 2.24) is 4.98 Å². The minimum Gasteiger partial charge on any atom is -0.261 e. The van der Waals surface area contributed by atoms with Gasteiger partial charge in [-0.3, -0.25) is 4.98 Å². The van der Waals surface area contributed by atoms with E-state index in [0.717, 1.165) is 37.8 Å². The van der Waals surface area contributed by atoms with Crippen LogP contribution < -0.4 is 0 Å². The third-order valence-corrected chi connectivity index (χ3v) is 4.45. The molecule has 1 aromatic heterocycles. The van der Waals surface area contributed by atoms with Crippen LogP contribution in [0.3, 0.4) is 0 Å². The van der Waals surface area contributed by atoms with Gasteiger partial charge in [0.05, 0.1) is 12.7 Å². The maximum absolute atomic E-state index is 9.23. The third-order valence-electron chi connectivity index (χ3n) is 4.45. The highest BCUT2D eigenvalue weighted by atomic mass is 17.2. The minimum absolute atomic E-state index is 0.179. The van der Waals surface area contributed by atoms with Crippen LogP contribution in [0, 0.1) is 11.3 Å². The molecule has 1 saturated carbocycles. The molecule has 4 nitrogen and oxygen atoms in total. The third kappa shape index (κ3) is 2.24. The van der Waals surface area contributed by atoms with Crippen molar-refractivity contribution in [3.8, 4) is 6.07 Å². The molecule has 0 amide bonds. The van der Waals surface area contributed by atoms with Crippen LogP contribution in [0.2, 0.25) is 0 Å². The minimum atomic E-state index is -0.202. The summed E-state index contributed by atoms with van der Waals surface area (Å²) in [6.45, 7) is 0.658.